The zero-order chi connectivity index (χ0) is 27.0. The number of nitrogens with zero attached hydrogens (tertiary/aromatic N) is 6. The van der Waals surface area contributed by atoms with Gasteiger partial charge in [-0.15, -0.1) is 0 Å². The summed E-state index contributed by atoms with van der Waals surface area (Å²) in [5.41, 5.74) is 2.10. The number of alkyl halides is 1. The van der Waals surface area contributed by atoms with Gasteiger partial charge in [-0.05, 0) is 57.4 Å². The van der Waals surface area contributed by atoms with E-state index in [2.05, 4.69) is 20.0 Å². The predicted molar refractivity (Wildman–Crippen MR) is 141 cm³/mol. The zero-order valence-corrected chi connectivity index (χ0v) is 22.6. The van der Waals surface area contributed by atoms with Gasteiger partial charge in [0, 0.05) is 37.0 Å². The monoisotopic (exact) mass is 526 g/mol. The van der Waals surface area contributed by atoms with E-state index in [0.717, 1.165) is 40.9 Å². The number of methoxy groups -OCH3 is 1. The van der Waals surface area contributed by atoms with E-state index >= 15 is 4.39 Å². The number of aromatic nitrogens is 4. The second kappa shape index (κ2) is 10.4. The second-order valence-corrected chi connectivity index (χ2v) is 10.8. The number of hydrogen-bond donors (Lipinski definition) is 0. The summed E-state index contributed by atoms with van der Waals surface area (Å²) in [6, 6.07) is 6.17. The summed E-state index contributed by atoms with van der Waals surface area (Å²) < 4.78 is 33.6. The first-order valence-electron chi connectivity index (χ1n) is 13.0. The van der Waals surface area contributed by atoms with Crippen LogP contribution in [0.1, 0.15) is 44.2 Å². The molecule has 1 amide bonds. The number of ether oxygens (including phenoxy) is 3. The zero-order valence-electron chi connectivity index (χ0n) is 22.6. The molecule has 0 spiro atoms. The molecule has 2 saturated heterocycles. The number of carbonyl (C=O) groups is 1. The van der Waals surface area contributed by atoms with Crippen molar-refractivity contribution in [2.24, 2.45) is 0 Å². The van der Waals surface area contributed by atoms with Crippen LogP contribution in [-0.4, -0.2) is 89.0 Å². The first kappa shape index (κ1) is 26.1. The Kier molecular flexibility index (Phi) is 7.13. The van der Waals surface area contributed by atoms with Gasteiger partial charge in [-0.2, -0.15) is 15.1 Å². The lowest BCUT2D eigenvalue weighted by atomic mass is 9.85. The maximum Gasteiger partial charge on any atom is 0.410 e. The first-order valence-corrected chi connectivity index (χ1v) is 13.0. The number of likely N-dealkylation sites (tertiary alicyclic amines) is 1. The average Bonchev–Trinajstić information content (AvgIpc) is 3.30. The SMILES string of the molecule is COc1nc(N2CCOCC2)cc(-n2ncc3cc(C)c(C4CCN(C(=O)OC(C)(C)C)CC4F)cc32)n1. The molecule has 38 heavy (non-hydrogen) atoms. The molecule has 3 aromatic rings. The third-order valence-electron chi connectivity index (χ3n) is 6.96. The highest BCUT2D eigenvalue weighted by Gasteiger charge is 2.35. The Hall–Kier alpha value is -3.47. The van der Waals surface area contributed by atoms with Gasteiger partial charge in [0.1, 0.15) is 17.6 Å². The number of fused-ring (bicyclic) bond motifs is 1. The molecular formula is C27H35FN6O4. The predicted octanol–water partition coefficient (Wildman–Crippen LogP) is 4.03. The summed E-state index contributed by atoms with van der Waals surface area (Å²) in [4.78, 5) is 25.2. The number of carbonyl (C=O) groups excluding carboxylic acids is 1. The quantitative estimate of drug-likeness (QED) is 0.503. The minimum Gasteiger partial charge on any atom is -0.467 e. The summed E-state index contributed by atoms with van der Waals surface area (Å²) in [7, 11) is 1.54. The minimum atomic E-state index is -1.21. The summed E-state index contributed by atoms with van der Waals surface area (Å²) in [5, 5.41) is 5.54. The molecule has 11 heteroatoms. The van der Waals surface area contributed by atoms with Gasteiger partial charge in [-0.1, -0.05) is 0 Å². The van der Waals surface area contributed by atoms with Crippen molar-refractivity contribution in [1.29, 1.82) is 0 Å². The van der Waals surface area contributed by atoms with Crippen molar-refractivity contribution in [2.45, 2.75) is 51.8 Å². The normalized spacial score (nSPS) is 20.6. The van der Waals surface area contributed by atoms with E-state index in [9.17, 15) is 4.79 Å². The number of halogens is 1. The molecule has 4 heterocycles. The van der Waals surface area contributed by atoms with Gasteiger partial charge in [-0.3, -0.25) is 0 Å². The topological polar surface area (TPSA) is 94.8 Å². The fraction of sp³-hybridized carbons (Fsp3) is 0.556. The molecule has 2 atom stereocenters. The van der Waals surface area contributed by atoms with Crippen LogP contribution in [0, 0.1) is 6.92 Å². The largest absolute Gasteiger partial charge is 0.467 e. The molecule has 0 radical (unpaired) electrons. The van der Waals surface area contributed by atoms with Crippen molar-refractivity contribution in [3.63, 3.8) is 0 Å². The molecule has 2 unspecified atom stereocenters. The molecular weight excluding hydrogens is 491 g/mol. The number of hydrogen-bond acceptors (Lipinski definition) is 8. The van der Waals surface area contributed by atoms with Crippen molar-refractivity contribution >= 4 is 22.8 Å². The second-order valence-electron chi connectivity index (χ2n) is 10.8. The number of morpholine rings is 1. The van der Waals surface area contributed by atoms with E-state index in [0.29, 0.717) is 32.0 Å². The molecule has 2 fully saturated rings. The fourth-order valence-corrected chi connectivity index (χ4v) is 5.09. The average molecular weight is 527 g/mol. The molecule has 5 rings (SSSR count). The molecule has 10 nitrogen and oxygen atoms in total. The Balaban J connectivity index is 1.45. The van der Waals surface area contributed by atoms with Crippen LogP contribution in [0.5, 0.6) is 6.01 Å². The maximum atomic E-state index is 15.5. The molecule has 0 N–H and O–H groups in total. The number of piperidine rings is 1. The fourth-order valence-electron chi connectivity index (χ4n) is 5.09. The van der Waals surface area contributed by atoms with E-state index in [1.807, 2.05) is 45.9 Å². The van der Waals surface area contributed by atoms with E-state index in [1.54, 1.807) is 10.9 Å². The van der Waals surface area contributed by atoms with E-state index in [4.69, 9.17) is 14.2 Å². The number of anilines is 1. The number of amides is 1. The van der Waals surface area contributed by atoms with Crippen molar-refractivity contribution in [1.82, 2.24) is 24.6 Å². The Morgan fingerprint density at radius 1 is 1.11 bits per heavy atom. The Labute approximate surface area is 221 Å². The van der Waals surface area contributed by atoms with Crippen LogP contribution < -0.4 is 9.64 Å². The van der Waals surface area contributed by atoms with Gasteiger partial charge in [0.25, 0.3) is 0 Å². The van der Waals surface area contributed by atoms with E-state index < -0.39 is 17.9 Å². The molecule has 0 bridgehead atoms. The lowest BCUT2D eigenvalue weighted by molar-refractivity contribution is 0.0111. The van der Waals surface area contributed by atoms with Crippen LogP contribution in [-0.2, 0) is 9.47 Å². The Bertz CT molecular complexity index is 1320. The third-order valence-corrected chi connectivity index (χ3v) is 6.96. The Morgan fingerprint density at radius 3 is 2.53 bits per heavy atom. The van der Waals surface area contributed by atoms with Crippen molar-refractivity contribution < 1.29 is 23.4 Å². The van der Waals surface area contributed by atoms with Crippen molar-refractivity contribution in [3.05, 3.63) is 35.5 Å². The summed E-state index contributed by atoms with van der Waals surface area (Å²) in [6.07, 6.45) is 0.602. The van der Waals surface area contributed by atoms with Crippen LogP contribution in [0.25, 0.3) is 16.7 Å². The highest BCUT2D eigenvalue weighted by atomic mass is 19.1. The van der Waals surface area contributed by atoms with Gasteiger partial charge in [0.2, 0.25) is 0 Å². The molecule has 2 aliphatic heterocycles. The minimum absolute atomic E-state index is 0.00232. The lowest BCUT2D eigenvalue weighted by Gasteiger charge is -2.36. The number of rotatable bonds is 4. The van der Waals surface area contributed by atoms with Gasteiger partial charge in [0.15, 0.2) is 5.82 Å². The highest BCUT2D eigenvalue weighted by molar-refractivity contribution is 5.82. The van der Waals surface area contributed by atoms with Crippen molar-refractivity contribution in [3.8, 4) is 11.8 Å². The smallest absolute Gasteiger partial charge is 0.410 e. The molecule has 0 saturated carbocycles. The number of aryl methyl sites for hydroxylation is 1. The standard InChI is InChI=1S/C27H35FN6O4/c1-17-12-18-15-29-34(24-14-23(30-25(31-24)36-5)32-8-10-37-11-9-32)22(18)13-20(17)19-6-7-33(16-21(19)28)26(35)38-27(2,3)4/h12-15,19,21H,6-11,16H2,1-5H3. The van der Waals surface area contributed by atoms with Crippen LogP contribution in [0.4, 0.5) is 15.0 Å². The van der Waals surface area contributed by atoms with E-state index in [-0.39, 0.29) is 18.5 Å². The molecule has 2 aromatic heterocycles. The molecule has 1 aromatic carbocycles. The van der Waals surface area contributed by atoms with Gasteiger partial charge >= 0.3 is 12.1 Å². The lowest BCUT2D eigenvalue weighted by Crippen LogP contribution is -2.46. The summed E-state index contributed by atoms with van der Waals surface area (Å²) in [6.45, 7) is 10.6. The van der Waals surface area contributed by atoms with Crippen LogP contribution in [0.2, 0.25) is 0 Å². The summed E-state index contributed by atoms with van der Waals surface area (Å²) in [5.74, 6) is 0.967. The van der Waals surface area contributed by atoms with Crippen molar-refractivity contribution in [2.75, 3.05) is 51.4 Å². The van der Waals surface area contributed by atoms with Crippen LogP contribution >= 0.6 is 0 Å². The van der Waals surface area contributed by atoms with Crippen LogP contribution in [0.3, 0.4) is 0 Å². The Morgan fingerprint density at radius 2 is 1.84 bits per heavy atom. The molecule has 0 aliphatic carbocycles. The van der Waals surface area contributed by atoms with Gasteiger partial charge < -0.3 is 24.0 Å². The third kappa shape index (κ3) is 5.38. The first-order chi connectivity index (χ1) is 18.1. The maximum absolute atomic E-state index is 15.5. The molecule has 204 valence electrons. The molecule has 2 aliphatic rings. The van der Waals surface area contributed by atoms with Gasteiger partial charge in [0.05, 0.1) is 38.6 Å². The van der Waals surface area contributed by atoms with Gasteiger partial charge in [-0.25, -0.2) is 13.9 Å². The van der Waals surface area contributed by atoms with E-state index in [1.165, 1.54) is 12.0 Å². The number of benzene rings is 1. The highest BCUT2D eigenvalue weighted by Crippen LogP contribution is 2.35. The van der Waals surface area contributed by atoms with Crippen LogP contribution in [0.15, 0.2) is 24.4 Å². The summed E-state index contributed by atoms with van der Waals surface area (Å²) >= 11 is 0.